The van der Waals surface area contributed by atoms with Crippen molar-refractivity contribution in [1.82, 2.24) is 0 Å². The Bertz CT molecular complexity index is 2110. The van der Waals surface area contributed by atoms with Crippen LogP contribution in [0, 0.1) is 0 Å². The highest BCUT2D eigenvalue weighted by Gasteiger charge is 2.36. The molecule has 0 saturated carbocycles. The minimum absolute atomic E-state index is 0.0101. The van der Waals surface area contributed by atoms with Crippen molar-refractivity contribution in [3.8, 4) is 34.5 Å². The first kappa shape index (κ1) is 26.4. The lowest BCUT2D eigenvalue weighted by molar-refractivity contribution is -0.111. The first-order valence-electron chi connectivity index (χ1n) is 12.9. The van der Waals surface area contributed by atoms with Gasteiger partial charge in [-0.15, -0.1) is 0 Å². The van der Waals surface area contributed by atoms with Crippen LogP contribution in [0.1, 0.15) is 25.0 Å². The Morgan fingerprint density at radius 2 is 1.15 bits per heavy atom. The number of ketones is 1. The Hall–Kier alpha value is -4.79. The lowest BCUT2D eigenvalue weighted by Gasteiger charge is -2.24. The van der Waals surface area contributed by atoms with Crippen LogP contribution in [0.3, 0.4) is 0 Å². The predicted octanol–water partition coefficient (Wildman–Crippen LogP) is 4.87. The fourth-order valence-electron chi connectivity index (χ4n) is 6.73. The smallest absolute Gasteiger partial charge is 0.232 e. The van der Waals surface area contributed by atoms with Crippen LogP contribution in [0.25, 0.3) is 48.7 Å². The van der Waals surface area contributed by atoms with Gasteiger partial charge in [0.1, 0.15) is 23.0 Å². The second-order valence-corrected chi connectivity index (χ2v) is 10.0. The number of allylic oxidation sites excluding steroid dienone is 2. The largest absolute Gasteiger partial charge is 0.496 e. The van der Waals surface area contributed by atoms with E-state index in [2.05, 4.69) is 0 Å². The van der Waals surface area contributed by atoms with Gasteiger partial charge in [0, 0.05) is 55.8 Å². The first-order valence-corrected chi connectivity index (χ1v) is 12.9. The number of benzene rings is 5. The Morgan fingerprint density at radius 3 is 1.59 bits per heavy atom. The third-order valence-corrected chi connectivity index (χ3v) is 8.19. The van der Waals surface area contributed by atoms with E-state index in [0.29, 0.717) is 71.8 Å². The lowest BCUT2D eigenvalue weighted by atomic mass is 9.83. The number of Topliss-reactive ketones (excluding diaryl/α,β-unsaturated/α-hetero) is 1. The number of ether oxygens (including phenoxy) is 6. The van der Waals surface area contributed by atoms with Crippen LogP contribution < -0.4 is 39.3 Å². The number of carbonyl (C=O) groups is 1. The summed E-state index contributed by atoms with van der Waals surface area (Å²) in [7, 11) is 8.85. The van der Waals surface area contributed by atoms with Gasteiger partial charge in [0.05, 0.1) is 53.4 Å². The minimum atomic E-state index is -0.434. The predicted molar refractivity (Wildman–Crippen MR) is 158 cm³/mol. The maximum atomic E-state index is 14.3. The van der Waals surface area contributed by atoms with Gasteiger partial charge in [-0.25, -0.2) is 0 Å². The van der Waals surface area contributed by atoms with Crippen LogP contribution in [0.15, 0.2) is 27.3 Å². The van der Waals surface area contributed by atoms with Crippen molar-refractivity contribution in [3.05, 3.63) is 49.3 Å². The summed E-state index contributed by atoms with van der Waals surface area (Å²) in [4.78, 5) is 41.7. The van der Waals surface area contributed by atoms with Crippen molar-refractivity contribution in [1.29, 1.82) is 0 Å². The molecule has 41 heavy (non-hydrogen) atoms. The van der Waals surface area contributed by atoms with Gasteiger partial charge in [-0.2, -0.15) is 0 Å². The molecule has 0 aliphatic heterocycles. The standard InChI is InChI=1S/C32H28O9/c1-12-9-14-20-25-21(15(36-3)10-17(38-5)23(25)29(34)31(14)40-7)22-16(37-4)11-18(39-6)24-27(22)26(20)28(19(12)13(2)33)32(41-8)30(24)35/h10-11H,9H2,1-8H3/i5+2,6+2,7+2,8+2. The number of carbonyl (C=O) groups excluding carboxylic acids is 1. The number of hydrogen-bond donors (Lipinski definition) is 0. The normalized spacial score (nSPS) is 13.0. The van der Waals surface area contributed by atoms with Crippen molar-refractivity contribution in [2.75, 3.05) is 42.7 Å². The van der Waals surface area contributed by atoms with Crippen LogP contribution in [0.2, 0.25) is 0 Å². The summed E-state index contributed by atoms with van der Waals surface area (Å²) in [6.45, 7) is 3.27. The molecule has 9 heteroatoms. The van der Waals surface area contributed by atoms with Crippen LogP contribution in [-0.4, -0.2) is 48.4 Å². The third kappa shape index (κ3) is 3.14. The molecule has 1 aliphatic carbocycles. The Balaban J connectivity index is 2.21. The van der Waals surface area contributed by atoms with E-state index in [0.717, 1.165) is 0 Å². The molecule has 0 atom stereocenters. The maximum absolute atomic E-state index is 14.3. The second kappa shape index (κ2) is 9.12. The molecule has 6 rings (SSSR count). The van der Waals surface area contributed by atoms with E-state index in [1.54, 1.807) is 12.1 Å². The van der Waals surface area contributed by atoms with Gasteiger partial charge in [0.15, 0.2) is 17.3 Å². The molecule has 9 nitrogen and oxygen atoms in total. The quantitative estimate of drug-likeness (QED) is 0.202. The van der Waals surface area contributed by atoms with Crippen LogP contribution in [0.5, 0.6) is 34.5 Å². The van der Waals surface area contributed by atoms with Gasteiger partial charge in [0.2, 0.25) is 10.9 Å². The molecule has 210 valence electrons. The van der Waals surface area contributed by atoms with E-state index in [9.17, 15) is 14.4 Å². The minimum Gasteiger partial charge on any atom is -0.496 e. The fraction of sp³-hybridized carbons (Fsp3) is 0.281. The molecule has 0 fully saturated rings. The Labute approximate surface area is 234 Å². The molecule has 0 radical (unpaired) electrons. The summed E-state index contributed by atoms with van der Waals surface area (Å²) in [6.07, 6.45) is 0.224. The summed E-state index contributed by atoms with van der Waals surface area (Å²) in [5.74, 6) is 1.30. The molecule has 0 saturated heterocycles. The molecule has 0 amide bonds. The fourth-order valence-corrected chi connectivity index (χ4v) is 6.73. The number of rotatable bonds is 7. The molecule has 0 N–H and O–H groups in total. The summed E-state index contributed by atoms with van der Waals surface area (Å²) in [6, 6.07) is 3.28. The summed E-state index contributed by atoms with van der Waals surface area (Å²) in [5.41, 5.74) is 1.17. The molecular formula is C32H28O9. The zero-order valence-electron chi connectivity index (χ0n) is 24.0. The van der Waals surface area contributed by atoms with E-state index in [-0.39, 0.29) is 45.7 Å². The highest BCUT2D eigenvalue weighted by atomic mass is 16.6. The van der Waals surface area contributed by atoms with E-state index < -0.39 is 5.43 Å². The van der Waals surface area contributed by atoms with Crippen LogP contribution in [-0.2, 0) is 11.2 Å². The van der Waals surface area contributed by atoms with Crippen LogP contribution in [0.4, 0.5) is 0 Å². The molecule has 1 aliphatic rings. The van der Waals surface area contributed by atoms with E-state index in [1.807, 2.05) is 6.92 Å². The zero-order valence-corrected chi connectivity index (χ0v) is 24.0. The van der Waals surface area contributed by atoms with Crippen molar-refractivity contribution in [2.24, 2.45) is 0 Å². The number of hydrogen-bond acceptors (Lipinski definition) is 9. The van der Waals surface area contributed by atoms with Gasteiger partial charge < -0.3 is 28.4 Å². The molecule has 0 unspecified atom stereocenters. The van der Waals surface area contributed by atoms with Gasteiger partial charge in [0.25, 0.3) is 0 Å². The summed E-state index contributed by atoms with van der Waals surface area (Å²) >= 11 is 0. The molecule has 0 bridgehead atoms. The first-order chi connectivity index (χ1) is 19.7. The Morgan fingerprint density at radius 1 is 0.659 bits per heavy atom. The molecule has 5 aromatic rings. The van der Waals surface area contributed by atoms with Gasteiger partial charge in [-0.1, -0.05) is 5.57 Å². The molecule has 0 aromatic heterocycles. The van der Waals surface area contributed by atoms with Gasteiger partial charge >= 0.3 is 0 Å². The van der Waals surface area contributed by atoms with Crippen molar-refractivity contribution in [2.45, 2.75) is 20.3 Å². The average Bonchev–Trinajstić information content (AvgIpc) is 3.10. The third-order valence-electron chi connectivity index (χ3n) is 8.19. The van der Waals surface area contributed by atoms with Gasteiger partial charge in [-0.05, 0) is 25.7 Å². The Kier molecular flexibility index (Phi) is 5.88. The van der Waals surface area contributed by atoms with Crippen LogP contribution >= 0.6 is 0 Å². The molecular weight excluding hydrogens is 536 g/mol. The zero-order chi connectivity index (χ0) is 29.5. The average molecular weight is 565 g/mol. The highest BCUT2D eigenvalue weighted by Crippen LogP contribution is 2.55. The van der Waals surface area contributed by atoms with E-state index >= 15 is 0 Å². The molecule has 5 aromatic carbocycles. The van der Waals surface area contributed by atoms with E-state index in [1.165, 1.54) is 49.6 Å². The van der Waals surface area contributed by atoms with Crippen molar-refractivity contribution >= 4 is 54.4 Å². The van der Waals surface area contributed by atoms with Crippen molar-refractivity contribution in [3.63, 3.8) is 0 Å². The van der Waals surface area contributed by atoms with E-state index in [4.69, 9.17) is 28.4 Å². The van der Waals surface area contributed by atoms with Gasteiger partial charge in [-0.3, -0.25) is 14.4 Å². The molecule has 0 heterocycles. The number of fused-ring (bicyclic) bond motifs is 1. The maximum Gasteiger partial charge on any atom is 0.232 e. The lowest BCUT2D eigenvalue weighted by Crippen LogP contribution is -2.15. The summed E-state index contributed by atoms with van der Waals surface area (Å²) < 4.78 is 34.8. The highest BCUT2D eigenvalue weighted by molar-refractivity contribution is 6.41. The monoisotopic (exact) mass is 564 g/mol. The SMILES string of the molecule is COc1cc(O[14CH3])c2c(=O)c(O[14CH3])c3c4c5c(c(O[14CH3])c(=O)c6c(O[14CH3])cc(OC)c(c1c24)c65)C(C(C)=O)=C(C)C3. The molecule has 0 spiro atoms. The topological polar surface area (TPSA) is 107 Å². The summed E-state index contributed by atoms with van der Waals surface area (Å²) in [5, 5.41) is 3.91. The number of methoxy groups -OCH3 is 6. The second-order valence-electron chi connectivity index (χ2n) is 10.0. The van der Waals surface area contributed by atoms with Crippen molar-refractivity contribution < 1.29 is 33.2 Å².